The van der Waals surface area contributed by atoms with Crippen LogP contribution in [0.5, 0.6) is 0 Å². The summed E-state index contributed by atoms with van der Waals surface area (Å²) < 4.78 is 0. The van der Waals surface area contributed by atoms with Crippen LogP contribution in [0.15, 0.2) is 24.3 Å². The first kappa shape index (κ1) is 19.4. The largest absolute Gasteiger partial charge is 0.333 e. The van der Waals surface area contributed by atoms with Crippen LogP contribution >= 0.6 is 0 Å². The fraction of sp³-hybridized carbons (Fsp3) is 0.579. The zero-order valence-electron chi connectivity index (χ0n) is 15.8. The summed E-state index contributed by atoms with van der Waals surface area (Å²) in [5.41, 5.74) is 2.31. The van der Waals surface area contributed by atoms with Crippen LogP contribution in [0.3, 0.4) is 0 Å². The van der Waals surface area contributed by atoms with Gasteiger partial charge in [0.15, 0.2) is 0 Å². The first-order chi connectivity index (χ1) is 11.7. The third kappa shape index (κ3) is 6.84. The van der Waals surface area contributed by atoms with Crippen molar-refractivity contribution in [3.8, 4) is 0 Å². The second-order valence-electron chi connectivity index (χ2n) is 7.73. The van der Waals surface area contributed by atoms with Gasteiger partial charge in [-0.05, 0) is 38.8 Å². The first-order valence-electron chi connectivity index (χ1n) is 8.84. The van der Waals surface area contributed by atoms with Crippen molar-refractivity contribution in [1.29, 1.82) is 0 Å². The van der Waals surface area contributed by atoms with Gasteiger partial charge in [0.1, 0.15) is 0 Å². The molecule has 1 saturated heterocycles. The molecule has 1 aromatic rings. The Morgan fingerprint density at radius 3 is 2.24 bits per heavy atom. The molecule has 25 heavy (non-hydrogen) atoms. The van der Waals surface area contributed by atoms with Gasteiger partial charge in [-0.25, -0.2) is 4.79 Å². The van der Waals surface area contributed by atoms with Gasteiger partial charge in [0.2, 0.25) is 5.91 Å². The number of urea groups is 1. The number of aryl methyl sites for hydroxylation is 1. The molecular weight excluding hydrogens is 316 g/mol. The summed E-state index contributed by atoms with van der Waals surface area (Å²) in [4.78, 5) is 28.2. The standard InChI is InChI=1S/C19H30N4O2/c1-15-7-5-6-8-16(15)13-22-9-11-23(12-10-22)14-17(24)20-18(25)21-19(2,3)4/h5-8H,9-14H2,1-4H3,(H2,20,21,24,25). The predicted octanol–water partition coefficient (Wildman–Crippen LogP) is 1.74. The van der Waals surface area contributed by atoms with E-state index in [2.05, 4.69) is 51.6 Å². The molecule has 138 valence electrons. The van der Waals surface area contributed by atoms with Crippen LogP contribution in [0.25, 0.3) is 0 Å². The van der Waals surface area contributed by atoms with Gasteiger partial charge in [-0.2, -0.15) is 0 Å². The Kier molecular flexibility index (Phi) is 6.56. The van der Waals surface area contributed by atoms with Crippen molar-refractivity contribution in [2.45, 2.75) is 39.8 Å². The number of hydrogen-bond donors (Lipinski definition) is 2. The van der Waals surface area contributed by atoms with Crippen molar-refractivity contribution in [1.82, 2.24) is 20.4 Å². The van der Waals surface area contributed by atoms with Gasteiger partial charge in [-0.1, -0.05) is 24.3 Å². The number of benzene rings is 1. The fourth-order valence-electron chi connectivity index (χ4n) is 2.88. The van der Waals surface area contributed by atoms with Crippen molar-refractivity contribution < 1.29 is 9.59 Å². The summed E-state index contributed by atoms with van der Waals surface area (Å²) in [5.74, 6) is -0.255. The highest BCUT2D eigenvalue weighted by Crippen LogP contribution is 2.12. The van der Waals surface area contributed by atoms with E-state index in [9.17, 15) is 9.59 Å². The van der Waals surface area contributed by atoms with E-state index >= 15 is 0 Å². The average molecular weight is 346 g/mol. The summed E-state index contributed by atoms with van der Waals surface area (Å²) in [7, 11) is 0. The molecule has 0 saturated carbocycles. The molecule has 0 radical (unpaired) electrons. The predicted molar refractivity (Wildman–Crippen MR) is 99.3 cm³/mol. The number of piperazine rings is 1. The lowest BCUT2D eigenvalue weighted by Gasteiger charge is -2.34. The zero-order chi connectivity index (χ0) is 18.4. The Morgan fingerprint density at radius 2 is 1.64 bits per heavy atom. The summed E-state index contributed by atoms with van der Waals surface area (Å²) in [6.07, 6.45) is 0. The van der Waals surface area contributed by atoms with E-state index in [-0.39, 0.29) is 18.0 Å². The Labute approximate surface area is 150 Å². The molecule has 1 aromatic carbocycles. The molecule has 1 heterocycles. The van der Waals surface area contributed by atoms with Crippen molar-refractivity contribution >= 4 is 11.9 Å². The SMILES string of the molecule is Cc1ccccc1CN1CCN(CC(=O)NC(=O)NC(C)(C)C)CC1. The second kappa shape index (κ2) is 8.45. The van der Waals surface area contributed by atoms with Crippen molar-refractivity contribution in [3.05, 3.63) is 35.4 Å². The van der Waals surface area contributed by atoms with Crippen LogP contribution in [0.4, 0.5) is 4.79 Å². The molecule has 0 aliphatic carbocycles. The maximum absolute atomic E-state index is 12.0. The number of amides is 3. The summed E-state index contributed by atoms with van der Waals surface area (Å²) in [6.45, 7) is 12.5. The first-order valence-corrected chi connectivity index (χ1v) is 8.84. The second-order valence-corrected chi connectivity index (χ2v) is 7.73. The lowest BCUT2D eigenvalue weighted by atomic mass is 10.1. The molecule has 2 rings (SSSR count). The Hall–Kier alpha value is -1.92. The highest BCUT2D eigenvalue weighted by atomic mass is 16.2. The molecule has 0 unspecified atom stereocenters. The quantitative estimate of drug-likeness (QED) is 0.872. The van der Waals surface area contributed by atoms with E-state index < -0.39 is 6.03 Å². The minimum Gasteiger partial charge on any atom is -0.333 e. The highest BCUT2D eigenvalue weighted by Gasteiger charge is 2.21. The van der Waals surface area contributed by atoms with Gasteiger partial charge >= 0.3 is 6.03 Å². The van der Waals surface area contributed by atoms with E-state index in [1.165, 1.54) is 11.1 Å². The highest BCUT2D eigenvalue weighted by molar-refractivity contribution is 5.95. The molecule has 1 aliphatic heterocycles. The number of rotatable bonds is 4. The number of carbonyl (C=O) groups excluding carboxylic acids is 2. The molecule has 6 heteroatoms. The van der Waals surface area contributed by atoms with E-state index in [0.29, 0.717) is 0 Å². The Balaban J connectivity index is 1.72. The van der Waals surface area contributed by atoms with E-state index in [1.807, 2.05) is 20.8 Å². The Bertz CT molecular complexity index is 602. The van der Waals surface area contributed by atoms with E-state index in [1.54, 1.807) is 0 Å². The van der Waals surface area contributed by atoms with Gasteiger partial charge in [0.05, 0.1) is 6.54 Å². The van der Waals surface area contributed by atoms with Crippen LogP contribution < -0.4 is 10.6 Å². The zero-order valence-corrected chi connectivity index (χ0v) is 15.8. The lowest BCUT2D eigenvalue weighted by Crippen LogP contribution is -2.52. The van der Waals surface area contributed by atoms with E-state index in [0.717, 1.165) is 32.7 Å². The normalized spacial score (nSPS) is 16.5. The number of nitrogens with zero attached hydrogens (tertiary/aromatic N) is 2. The third-order valence-corrected chi connectivity index (χ3v) is 4.23. The third-order valence-electron chi connectivity index (χ3n) is 4.23. The molecule has 0 aromatic heterocycles. The van der Waals surface area contributed by atoms with Crippen LogP contribution in [0.1, 0.15) is 31.9 Å². The maximum Gasteiger partial charge on any atom is 0.321 e. The average Bonchev–Trinajstić information content (AvgIpc) is 2.49. The van der Waals surface area contributed by atoms with Crippen LogP contribution in [0, 0.1) is 6.92 Å². The topological polar surface area (TPSA) is 64.7 Å². The molecule has 6 nitrogen and oxygen atoms in total. The van der Waals surface area contributed by atoms with E-state index in [4.69, 9.17) is 0 Å². The van der Waals surface area contributed by atoms with Crippen LogP contribution in [-0.4, -0.2) is 60.0 Å². The molecule has 0 atom stereocenters. The molecule has 3 amide bonds. The number of carbonyl (C=O) groups is 2. The van der Waals surface area contributed by atoms with Gasteiger partial charge in [0, 0.05) is 38.3 Å². The number of nitrogens with one attached hydrogen (secondary N) is 2. The number of hydrogen-bond acceptors (Lipinski definition) is 4. The van der Waals surface area contributed by atoms with Crippen LogP contribution in [0.2, 0.25) is 0 Å². The molecule has 0 spiro atoms. The minimum atomic E-state index is -0.435. The molecule has 1 fully saturated rings. The van der Waals surface area contributed by atoms with Crippen molar-refractivity contribution in [2.75, 3.05) is 32.7 Å². The lowest BCUT2D eigenvalue weighted by molar-refractivity contribution is -0.121. The molecule has 2 N–H and O–H groups in total. The monoisotopic (exact) mass is 346 g/mol. The number of imide groups is 1. The Morgan fingerprint density at radius 1 is 1.04 bits per heavy atom. The summed E-state index contributed by atoms with van der Waals surface area (Å²) in [6, 6.07) is 8.01. The minimum absolute atomic E-state index is 0.255. The summed E-state index contributed by atoms with van der Waals surface area (Å²) >= 11 is 0. The van der Waals surface area contributed by atoms with Gasteiger partial charge in [0.25, 0.3) is 0 Å². The fourth-order valence-corrected chi connectivity index (χ4v) is 2.88. The van der Waals surface area contributed by atoms with Crippen molar-refractivity contribution in [2.24, 2.45) is 0 Å². The van der Waals surface area contributed by atoms with Gasteiger partial charge in [-0.15, -0.1) is 0 Å². The van der Waals surface area contributed by atoms with Gasteiger partial charge in [-0.3, -0.25) is 19.9 Å². The molecular formula is C19H30N4O2. The summed E-state index contributed by atoms with van der Waals surface area (Å²) in [5, 5.41) is 5.13. The molecule has 0 bridgehead atoms. The van der Waals surface area contributed by atoms with Crippen LogP contribution in [-0.2, 0) is 11.3 Å². The van der Waals surface area contributed by atoms with Gasteiger partial charge < -0.3 is 5.32 Å². The molecule has 1 aliphatic rings. The maximum atomic E-state index is 12.0. The smallest absolute Gasteiger partial charge is 0.321 e. The van der Waals surface area contributed by atoms with Crippen molar-refractivity contribution in [3.63, 3.8) is 0 Å².